The number of aliphatic hydroxyl groups excluding tert-OH is 1. The molecule has 34 heavy (non-hydrogen) atoms. The highest BCUT2D eigenvalue weighted by molar-refractivity contribution is 6.01. The molecule has 0 saturated carbocycles. The van der Waals surface area contributed by atoms with Crippen molar-refractivity contribution in [1.82, 2.24) is 0 Å². The largest absolute Gasteiger partial charge is 0.489 e. The van der Waals surface area contributed by atoms with Gasteiger partial charge in [0.2, 0.25) is 0 Å². The minimum atomic E-state index is -0.426. The Morgan fingerprint density at radius 2 is 1.59 bits per heavy atom. The van der Waals surface area contributed by atoms with Crippen molar-refractivity contribution in [1.29, 1.82) is 5.26 Å². The lowest BCUT2D eigenvalue weighted by Crippen LogP contribution is -2.13. The summed E-state index contributed by atoms with van der Waals surface area (Å²) in [5.74, 6) is 0.987. The third-order valence-corrected chi connectivity index (χ3v) is 4.78. The van der Waals surface area contributed by atoms with Gasteiger partial charge in [-0.2, -0.15) is 5.26 Å². The Morgan fingerprint density at radius 1 is 0.971 bits per heavy atom. The van der Waals surface area contributed by atoms with Crippen molar-refractivity contribution in [3.05, 3.63) is 95.6 Å². The van der Waals surface area contributed by atoms with Crippen LogP contribution in [0.15, 0.2) is 84.0 Å². The number of carbonyl (C=O) groups is 1. The van der Waals surface area contributed by atoms with Crippen LogP contribution in [0.4, 0.5) is 0 Å². The molecule has 0 amide bonds. The second-order valence-corrected chi connectivity index (χ2v) is 6.96. The van der Waals surface area contributed by atoms with Crippen molar-refractivity contribution in [2.75, 3.05) is 20.8 Å². The summed E-state index contributed by atoms with van der Waals surface area (Å²) >= 11 is 0. The minimum absolute atomic E-state index is 0.190. The average Bonchev–Trinajstić information content (AvgIpc) is 2.91. The molecule has 1 N–H and O–H groups in total. The first-order chi connectivity index (χ1) is 16.7. The minimum Gasteiger partial charge on any atom is -0.489 e. The molecule has 0 aliphatic heterocycles. The monoisotopic (exact) mass is 460 g/mol. The summed E-state index contributed by atoms with van der Waals surface area (Å²) in [5, 5.41) is 20.2. The zero-order valence-corrected chi connectivity index (χ0v) is 19.3. The molecular weight excluding hydrogens is 432 g/mol. The second-order valence-electron chi connectivity index (χ2n) is 6.96. The summed E-state index contributed by atoms with van der Waals surface area (Å²) in [5.41, 5.74) is 3.44. The summed E-state index contributed by atoms with van der Waals surface area (Å²) in [6.45, 7) is 0.684. The van der Waals surface area contributed by atoms with Gasteiger partial charge in [0, 0.05) is 19.1 Å². The molecule has 0 saturated heterocycles. The molecule has 0 aromatic heterocycles. The molecule has 7 heteroatoms. The fourth-order valence-corrected chi connectivity index (χ4v) is 3.06. The number of hydrogen-bond donors (Lipinski definition) is 1. The van der Waals surface area contributed by atoms with Crippen molar-refractivity contribution in [3.63, 3.8) is 0 Å². The molecule has 176 valence electrons. The zero-order chi connectivity index (χ0) is 24.6. The molecule has 3 rings (SSSR count). The zero-order valence-electron chi connectivity index (χ0n) is 19.3. The highest BCUT2D eigenvalue weighted by atomic mass is 16.6. The van der Waals surface area contributed by atoms with Crippen LogP contribution in [0.5, 0.6) is 11.5 Å². The van der Waals surface area contributed by atoms with E-state index < -0.39 is 5.92 Å². The van der Waals surface area contributed by atoms with Gasteiger partial charge in [-0.3, -0.25) is 0 Å². The van der Waals surface area contributed by atoms with Crippen LogP contribution in [0.3, 0.4) is 0 Å². The summed E-state index contributed by atoms with van der Waals surface area (Å²) in [6.07, 6.45) is 0.952. The van der Waals surface area contributed by atoms with E-state index in [4.69, 9.17) is 24.7 Å². The fraction of sp³-hybridized carbons (Fsp3) is 0.222. The van der Waals surface area contributed by atoms with Gasteiger partial charge in [-0.1, -0.05) is 59.8 Å². The Labute approximate surface area is 199 Å². The normalized spacial score (nSPS) is 11.3. The lowest BCUT2D eigenvalue weighted by atomic mass is 9.98. The van der Waals surface area contributed by atoms with E-state index in [1.807, 2.05) is 78.9 Å². The van der Waals surface area contributed by atoms with Gasteiger partial charge >= 0.3 is 0 Å². The molecule has 7 nitrogen and oxygen atoms in total. The smallest absolute Gasteiger partial charge is 0.134 e. The molecule has 0 fully saturated rings. The maximum atomic E-state index is 10.7. The van der Waals surface area contributed by atoms with Gasteiger partial charge in [0.05, 0.1) is 12.0 Å². The van der Waals surface area contributed by atoms with Crippen molar-refractivity contribution in [2.24, 2.45) is 5.16 Å². The van der Waals surface area contributed by atoms with Crippen molar-refractivity contribution < 1.29 is 24.2 Å². The van der Waals surface area contributed by atoms with Crippen LogP contribution in [0.1, 0.15) is 29.0 Å². The highest BCUT2D eigenvalue weighted by Crippen LogP contribution is 2.22. The Balaban J connectivity index is 0.00000199. The van der Waals surface area contributed by atoms with Gasteiger partial charge in [0.25, 0.3) is 0 Å². The number of oxime groups is 1. The van der Waals surface area contributed by atoms with E-state index in [1.54, 1.807) is 0 Å². The third-order valence-electron chi connectivity index (χ3n) is 4.78. The van der Waals surface area contributed by atoms with Crippen LogP contribution < -0.4 is 9.47 Å². The van der Waals surface area contributed by atoms with Crippen LogP contribution in [-0.4, -0.2) is 37.9 Å². The number of benzene rings is 3. The van der Waals surface area contributed by atoms with Gasteiger partial charge < -0.3 is 24.2 Å². The Kier molecular flexibility index (Phi) is 11.4. The van der Waals surface area contributed by atoms with Crippen LogP contribution in [-0.2, 0) is 16.2 Å². The number of nitrogens with zero attached hydrogens (tertiary/aromatic N) is 2. The van der Waals surface area contributed by atoms with Crippen molar-refractivity contribution >= 4 is 12.0 Å². The number of nitriles is 1. The average molecular weight is 461 g/mol. The summed E-state index contributed by atoms with van der Waals surface area (Å²) in [6, 6.07) is 26.8. The van der Waals surface area contributed by atoms with E-state index in [-0.39, 0.29) is 13.0 Å². The van der Waals surface area contributed by atoms with E-state index in [9.17, 15) is 4.79 Å². The molecule has 1 unspecified atom stereocenters. The maximum absolute atomic E-state index is 10.7. The van der Waals surface area contributed by atoms with E-state index >= 15 is 0 Å². The van der Waals surface area contributed by atoms with Crippen LogP contribution in [0.25, 0.3) is 0 Å². The number of ether oxygens (including phenoxy) is 2. The van der Waals surface area contributed by atoms with Crippen LogP contribution in [0, 0.1) is 11.3 Å². The Bertz CT molecular complexity index is 1060. The van der Waals surface area contributed by atoms with Crippen molar-refractivity contribution in [3.8, 4) is 17.6 Å². The standard InChI is InChI=1S/C26H24N2O4.CH4O/c1-30-28-26(22-5-3-2-4-6-22)19-32-24-11-7-20(8-12-24)18-31-25-13-9-21(10-14-25)23(17-27)15-16-29;1-2/h2-14,16,23H,15,18-19H2,1H3;2H,1H3/b28-26+;. The lowest BCUT2D eigenvalue weighted by Gasteiger charge is -2.11. The SMILES string of the molecule is CO.CO/N=C(\COc1ccc(COc2ccc(C(C#N)CC=O)cc2)cc1)c1ccccc1. The van der Waals surface area contributed by atoms with E-state index in [0.717, 1.165) is 35.8 Å². The molecule has 0 spiro atoms. The Morgan fingerprint density at radius 3 is 2.18 bits per heavy atom. The van der Waals surface area contributed by atoms with E-state index in [0.29, 0.717) is 18.1 Å². The topological polar surface area (TPSA) is 101 Å². The summed E-state index contributed by atoms with van der Waals surface area (Å²) < 4.78 is 11.7. The predicted octanol–water partition coefficient (Wildman–Crippen LogP) is 4.50. The van der Waals surface area contributed by atoms with E-state index in [1.165, 1.54) is 7.11 Å². The first-order valence-corrected chi connectivity index (χ1v) is 10.6. The van der Waals surface area contributed by atoms with E-state index in [2.05, 4.69) is 11.2 Å². The molecule has 0 heterocycles. The molecule has 0 bridgehead atoms. The van der Waals surface area contributed by atoms with Gasteiger partial charge in [-0.15, -0.1) is 0 Å². The molecule has 1 atom stereocenters. The number of hydrogen-bond acceptors (Lipinski definition) is 7. The van der Waals surface area contributed by atoms with Gasteiger partial charge in [0.1, 0.15) is 43.8 Å². The third kappa shape index (κ3) is 8.08. The number of aldehydes is 1. The highest BCUT2D eigenvalue weighted by Gasteiger charge is 2.10. The summed E-state index contributed by atoms with van der Waals surface area (Å²) in [7, 11) is 2.51. The first-order valence-electron chi connectivity index (χ1n) is 10.6. The van der Waals surface area contributed by atoms with Gasteiger partial charge in [0.15, 0.2) is 0 Å². The molecule has 3 aromatic rings. The number of carbonyl (C=O) groups excluding carboxylic acids is 1. The molecule has 0 radical (unpaired) electrons. The van der Waals surface area contributed by atoms with Crippen molar-refractivity contribution in [2.45, 2.75) is 18.9 Å². The maximum Gasteiger partial charge on any atom is 0.134 e. The number of rotatable bonds is 11. The molecule has 0 aliphatic carbocycles. The quantitative estimate of drug-likeness (QED) is 0.257. The van der Waals surface area contributed by atoms with Gasteiger partial charge in [-0.25, -0.2) is 0 Å². The van der Waals surface area contributed by atoms with Crippen LogP contribution >= 0.6 is 0 Å². The summed E-state index contributed by atoms with van der Waals surface area (Å²) in [4.78, 5) is 15.6. The number of aliphatic hydroxyl groups is 1. The van der Waals surface area contributed by atoms with Gasteiger partial charge in [-0.05, 0) is 35.4 Å². The second kappa shape index (κ2) is 14.8. The molecule has 0 aliphatic rings. The fourth-order valence-electron chi connectivity index (χ4n) is 3.06. The molecular formula is C27H28N2O5. The molecule has 3 aromatic carbocycles. The van der Waals surface area contributed by atoms with Crippen LogP contribution in [0.2, 0.25) is 0 Å². The lowest BCUT2D eigenvalue weighted by molar-refractivity contribution is -0.108. The first kappa shape index (κ1) is 26.1. The Hall–Kier alpha value is -4.15. The predicted molar refractivity (Wildman–Crippen MR) is 130 cm³/mol.